The van der Waals surface area contributed by atoms with E-state index < -0.39 is 0 Å². The van der Waals surface area contributed by atoms with Gasteiger partial charge in [-0.3, -0.25) is 4.90 Å². The maximum Gasteiger partial charge on any atom is 0.0452 e. The van der Waals surface area contributed by atoms with Crippen molar-refractivity contribution < 1.29 is 21.1 Å². The summed E-state index contributed by atoms with van der Waals surface area (Å²) in [5, 5.41) is 0. The molecule has 0 aliphatic carbocycles. The smallest absolute Gasteiger partial charge is 0.0452 e. The second-order valence-electron chi connectivity index (χ2n) is 4.36. The molecule has 0 aromatic heterocycles. The van der Waals surface area contributed by atoms with Crippen molar-refractivity contribution in [3.05, 3.63) is 6.92 Å². The third kappa shape index (κ3) is 6.01. The SMILES string of the molecule is [CH2-]CCN1CCC(CN(C)CN)CC1.[W]. The first-order valence-corrected chi connectivity index (χ1v) is 5.66. The molecule has 0 bridgehead atoms. The number of hydrogen-bond donors (Lipinski definition) is 1. The first-order chi connectivity index (χ1) is 6.76. The van der Waals surface area contributed by atoms with Crippen LogP contribution in [0.2, 0.25) is 0 Å². The summed E-state index contributed by atoms with van der Waals surface area (Å²) in [7, 11) is 2.10. The molecule has 0 spiro atoms. The van der Waals surface area contributed by atoms with E-state index in [0.29, 0.717) is 6.67 Å². The molecule has 0 aromatic rings. The molecule has 0 aromatic carbocycles. The first kappa shape index (κ1) is 15.6. The second-order valence-corrected chi connectivity index (χ2v) is 4.36. The van der Waals surface area contributed by atoms with Crippen LogP contribution in [0.3, 0.4) is 0 Å². The molecular formula is C11H24N3W-. The van der Waals surface area contributed by atoms with Gasteiger partial charge in [0.15, 0.2) is 0 Å². The van der Waals surface area contributed by atoms with E-state index in [1.807, 2.05) is 0 Å². The van der Waals surface area contributed by atoms with E-state index in [0.717, 1.165) is 18.9 Å². The number of nitrogens with zero attached hydrogens (tertiary/aromatic N) is 2. The van der Waals surface area contributed by atoms with Crippen molar-refractivity contribution >= 4 is 0 Å². The average molecular weight is 382 g/mol. The zero-order chi connectivity index (χ0) is 10.4. The van der Waals surface area contributed by atoms with Crippen LogP contribution in [0.15, 0.2) is 0 Å². The van der Waals surface area contributed by atoms with Crippen LogP contribution in [0.4, 0.5) is 0 Å². The molecular weight excluding hydrogens is 358 g/mol. The largest absolute Gasteiger partial charge is 0.342 e. The summed E-state index contributed by atoms with van der Waals surface area (Å²) in [5.41, 5.74) is 5.57. The summed E-state index contributed by atoms with van der Waals surface area (Å²) < 4.78 is 0. The molecule has 90 valence electrons. The molecule has 1 heterocycles. The van der Waals surface area contributed by atoms with E-state index in [2.05, 4.69) is 23.8 Å². The van der Waals surface area contributed by atoms with Crippen molar-refractivity contribution in [3.63, 3.8) is 0 Å². The van der Waals surface area contributed by atoms with Gasteiger partial charge in [-0.25, -0.2) is 0 Å². The van der Waals surface area contributed by atoms with Gasteiger partial charge >= 0.3 is 0 Å². The number of rotatable bonds is 5. The van der Waals surface area contributed by atoms with Gasteiger partial charge in [-0.05, 0) is 45.4 Å². The van der Waals surface area contributed by atoms with Crippen molar-refractivity contribution in [2.24, 2.45) is 11.7 Å². The summed E-state index contributed by atoms with van der Waals surface area (Å²) in [6.07, 6.45) is 3.68. The fourth-order valence-electron chi connectivity index (χ4n) is 2.13. The molecule has 1 aliphatic rings. The first-order valence-electron chi connectivity index (χ1n) is 5.66. The Morgan fingerprint density at radius 1 is 1.40 bits per heavy atom. The van der Waals surface area contributed by atoms with Gasteiger partial charge in [0.25, 0.3) is 0 Å². The molecule has 4 heteroatoms. The molecule has 1 aliphatic heterocycles. The molecule has 3 nitrogen and oxygen atoms in total. The van der Waals surface area contributed by atoms with E-state index in [4.69, 9.17) is 5.73 Å². The van der Waals surface area contributed by atoms with Crippen molar-refractivity contribution in [3.8, 4) is 0 Å². The van der Waals surface area contributed by atoms with Crippen LogP contribution in [0.1, 0.15) is 19.3 Å². The van der Waals surface area contributed by atoms with E-state index >= 15 is 0 Å². The summed E-state index contributed by atoms with van der Waals surface area (Å²) in [6, 6.07) is 0. The fraction of sp³-hybridized carbons (Fsp3) is 0.909. The van der Waals surface area contributed by atoms with Gasteiger partial charge < -0.3 is 17.6 Å². The molecule has 0 amide bonds. The Balaban J connectivity index is 0.00000196. The van der Waals surface area contributed by atoms with Crippen molar-refractivity contribution in [2.75, 3.05) is 39.9 Å². The molecule has 1 saturated heterocycles. The van der Waals surface area contributed by atoms with Crippen LogP contribution in [0, 0.1) is 12.8 Å². The summed E-state index contributed by atoms with van der Waals surface area (Å²) >= 11 is 0. The van der Waals surface area contributed by atoms with Gasteiger partial charge in [0.05, 0.1) is 0 Å². The zero-order valence-corrected chi connectivity index (χ0v) is 12.8. The maximum absolute atomic E-state index is 5.57. The van der Waals surface area contributed by atoms with Crippen LogP contribution in [0.5, 0.6) is 0 Å². The van der Waals surface area contributed by atoms with Gasteiger partial charge in [-0.1, -0.05) is 0 Å². The van der Waals surface area contributed by atoms with Crippen LogP contribution in [0.25, 0.3) is 0 Å². The molecule has 0 radical (unpaired) electrons. The van der Waals surface area contributed by atoms with Crippen molar-refractivity contribution in [2.45, 2.75) is 19.3 Å². The van der Waals surface area contributed by atoms with Crippen LogP contribution in [-0.4, -0.2) is 49.7 Å². The Bertz CT molecular complexity index is 147. The number of hydrogen-bond acceptors (Lipinski definition) is 3. The standard InChI is InChI=1S/C11H24N3.W/c1-3-6-14-7-4-11(5-8-14)9-13(2)10-12;/h11H,1,3-10,12H2,2H3;/q-1;. The van der Waals surface area contributed by atoms with Crippen molar-refractivity contribution in [1.82, 2.24) is 9.80 Å². The van der Waals surface area contributed by atoms with Gasteiger partial charge in [0.1, 0.15) is 0 Å². The number of likely N-dealkylation sites (tertiary alicyclic amines) is 1. The fourth-order valence-corrected chi connectivity index (χ4v) is 2.13. The zero-order valence-electron chi connectivity index (χ0n) is 9.82. The molecule has 1 rings (SSSR count). The van der Waals surface area contributed by atoms with Crippen LogP contribution in [-0.2, 0) is 21.1 Å². The molecule has 0 unspecified atom stereocenters. The Morgan fingerprint density at radius 3 is 2.47 bits per heavy atom. The monoisotopic (exact) mass is 382 g/mol. The Kier molecular flexibility index (Phi) is 9.02. The maximum atomic E-state index is 5.57. The average Bonchev–Trinajstić information content (AvgIpc) is 2.21. The molecule has 0 saturated carbocycles. The van der Waals surface area contributed by atoms with E-state index in [1.165, 1.54) is 32.5 Å². The summed E-state index contributed by atoms with van der Waals surface area (Å²) in [5.74, 6) is 0.851. The molecule has 1 fully saturated rings. The molecule has 15 heavy (non-hydrogen) atoms. The van der Waals surface area contributed by atoms with Gasteiger partial charge in [0, 0.05) is 34.3 Å². The third-order valence-electron chi connectivity index (χ3n) is 3.06. The minimum atomic E-state index is 0. The minimum absolute atomic E-state index is 0. The van der Waals surface area contributed by atoms with Crippen LogP contribution >= 0.6 is 0 Å². The Morgan fingerprint density at radius 2 is 2.00 bits per heavy atom. The van der Waals surface area contributed by atoms with Gasteiger partial charge in [-0.15, -0.1) is 0 Å². The normalized spacial score (nSPS) is 19.2. The Hall–Kier alpha value is 0.568. The quantitative estimate of drug-likeness (QED) is 0.563. The minimum Gasteiger partial charge on any atom is -0.342 e. The topological polar surface area (TPSA) is 32.5 Å². The third-order valence-corrected chi connectivity index (χ3v) is 3.06. The predicted octanol–water partition coefficient (Wildman–Crippen LogP) is 0.768. The van der Waals surface area contributed by atoms with E-state index in [1.54, 1.807) is 0 Å². The van der Waals surface area contributed by atoms with Crippen LogP contribution < -0.4 is 5.73 Å². The summed E-state index contributed by atoms with van der Waals surface area (Å²) in [4.78, 5) is 4.73. The second kappa shape index (κ2) is 8.69. The van der Waals surface area contributed by atoms with Gasteiger partial charge in [-0.2, -0.15) is 6.42 Å². The summed E-state index contributed by atoms with van der Waals surface area (Å²) in [6.45, 7) is 9.40. The number of nitrogens with two attached hydrogens (primary N) is 1. The van der Waals surface area contributed by atoms with E-state index in [9.17, 15) is 0 Å². The Labute approximate surface area is 109 Å². The predicted molar refractivity (Wildman–Crippen MR) is 60.8 cm³/mol. The van der Waals surface area contributed by atoms with E-state index in [-0.39, 0.29) is 21.1 Å². The van der Waals surface area contributed by atoms with Crippen molar-refractivity contribution in [1.29, 1.82) is 0 Å². The molecule has 0 atom stereocenters. The number of piperidine rings is 1. The molecule has 2 N–H and O–H groups in total. The van der Waals surface area contributed by atoms with Gasteiger partial charge in [0.2, 0.25) is 0 Å².